The summed E-state index contributed by atoms with van der Waals surface area (Å²) in [6, 6.07) is 12.4. The molecule has 1 aromatic carbocycles. The first-order chi connectivity index (χ1) is 17.3. The minimum Gasteiger partial charge on any atom is -0.480 e. The maximum Gasteiger partial charge on any atom is 0.270 e. The molecule has 36 heavy (non-hydrogen) atoms. The smallest absolute Gasteiger partial charge is 0.270 e. The topological polar surface area (TPSA) is 157 Å². The normalized spacial score (nSPS) is 17.4. The number of methoxy groups -OCH3 is 1. The van der Waals surface area contributed by atoms with Crippen LogP contribution in [0.3, 0.4) is 0 Å². The largest absolute Gasteiger partial charge is 0.480 e. The Morgan fingerprint density at radius 2 is 2.08 bits per heavy atom. The molecule has 3 aromatic heterocycles. The fourth-order valence-corrected chi connectivity index (χ4v) is 4.95. The first-order valence-corrected chi connectivity index (χ1v) is 11.7. The maximum atomic E-state index is 12.4. The van der Waals surface area contributed by atoms with E-state index in [0.29, 0.717) is 44.9 Å². The summed E-state index contributed by atoms with van der Waals surface area (Å²) in [6.07, 6.45) is 1.82. The Hall–Kier alpha value is -4.29. The van der Waals surface area contributed by atoms with Crippen LogP contribution in [0, 0.1) is 0 Å². The number of likely N-dealkylation sites (N-methyl/N-ethyl adjacent to an activating group) is 1. The number of carbonyl (C=O) groups excluding carboxylic acids is 2. The molecule has 4 aromatic rings. The van der Waals surface area contributed by atoms with E-state index in [2.05, 4.69) is 20.4 Å². The minimum absolute atomic E-state index is 0.0844. The van der Waals surface area contributed by atoms with E-state index in [0.717, 1.165) is 0 Å². The van der Waals surface area contributed by atoms with Gasteiger partial charge in [-0.3, -0.25) is 9.59 Å². The third kappa shape index (κ3) is 4.06. The van der Waals surface area contributed by atoms with Crippen LogP contribution in [0.25, 0.3) is 21.8 Å². The van der Waals surface area contributed by atoms with E-state index in [-0.39, 0.29) is 17.9 Å². The number of pyridine rings is 1. The summed E-state index contributed by atoms with van der Waals surface area (Å²) in [5, 5.41) is 19.0. The number of hydrogen-bond acceptors (Lipinski definition) is 10. The molecule has 2 amide bonds. The van der Waals surface area contributed by atoms with E-state index >= 15 is 0 Å². The van der Waals surface area contributed by atoms with Crippen LogP contribution < -0.4 is 15.8 Å². The van der Waals surface area contributed by atoms with Crippen LogP contribution in [0.5, 0.6) is 5.88 Å². The SMILES string of the molecule is COc1ncccc1Nc1sc(-c2cccc(-c3cc(C4(O)CCN(C)C4=O)on3)c2)nc1C(N)=O. The van der Waals surface area contributed by atoms with E-state index in [9.17, 15) is 14.7 Å². The number of hydrogen-bond donors (Lipinski definition) is 3. The summed E-state index contributed by atoms with van der Waals surface area (Å²) in [7, 11) is 3.13. The average molecular weight is 507 g/mol. The van der Waals surface area contributed by atoms with Crippen molar-refractivity contribution in [2.75, 3.05) is 26.0 Å². The van der Waals surface area contributed by atoms with E-state index in [1.165, 1.54) is 23.3 Å². The lowest BCUT2D eigenvalue weighted by Gasteiger charge is -2.16. The molecule has 1 atom stereocenters. The lowest BCUT2D eigenvalue weighted by Crippen LogP contribution is -2.35. The number of anilines is 2. The van der Waals surface area contributed by atoms with Gasteiger partial charge in [-0.1, -0.05) is 34.7 Å². The van der Waals surface area contributed by atoms with Gasteiger partial charge in [0, 0.05) is 43.4 Å². The molecule has 12 heteroatoms. The molecule has 4 N–H and O–H groups in total. The molecular weight excluding hydrogens is 484 g/mol. The Morgan fingerprint density at radius 1 is 1.28 bits per heavy atom. The Labute approximate surface area is 209 Å². The molecule has 0 aliphatic carbocycles. The lowest BCUT2D eigenvalue weighted by atomic mass is 9.98. The number of nitrogens with zero attached hydrogens (tertiary/aromatic N) is 4. The highest BCUT2D eigenvalue weighted by molar-refractivity contribution is 7.19. The number of likely N-dealkylation sites (tertiary alicyclic amines) is 1. The molecule has 1 saturated heterocycles. The number of nitrogens with one attached hydrogen (secondary N) is 1. The van der Waals surface area contributed by atoms with Gasteiger partial charge >= 0.3 is 0 Å². The molecule has 1 aliphatic rings. The van der Waals surface area contributed by atoms with Crippen molar-refractivity contribution in [3.05, 3.63) is 60.1 Å². The highest BCUT2D eigenvalue weighted by atomic mass is 32.1. The molecule has 1 unspecified atom stereocenters. The second-order valence-corrected chi connectivity index (χ2v) is 9.24. The van der Waals surface area contributed by atoms with E-state index < -0.39 is 17.4 Å². The Bertz CT molecular complexity index is 1470. The molecule has 4 heterocycles. The number of amides is 2. The van der Waals surface area contributed by atoms with Crippen LogP contribution >= 0.6 is 11.3 Å². The summed E-state index contributed by atoms with van der Waals surface area (Å²) in [4.78, 5) is 34.6. The highest BCUT2D eigenvalue weighted by Crippen LogP contribution is 2.38. The van der Waals surface area contributed by atoms with Gasteiger partial charge in [-0.05, 0) is 18.2 Å². The third-order valence-electron chi connectivity index (χ3n) is 5.91. The van der Waals surface area contributed by atoms with Crippen molar-refractivity contribution in [3.63, 3.8) is 0 Å². The number of ether oxygens (including phenoxy) is 1. The van der Waals surface area contributed by atoms with E-state index in [4.69, 9.17) is 15.0 Å². The predicted octanol–water partition coefficient (Wildman–Crippen LogP) is 2.76. The number of aliphatic hydroxyl groups is 1. The van der Waals surface area contributed by atoms with Gasteiger partial charge in [0.25, 0.3) is 11.8 Å². The monoisotopic (exact) mass is 506 g/mol. The molecule has 0 saturated carbocycles. The van der Waals surface area contributed by atoms with Gasteiger partial charge in [0.15, 0.2) is 11.5 Å². The molecule has 184 valence electrons. The zero-order valence-corrected chi connectivity index (χ0v) is 20.2. The predicted molar refractivity (Wildman–Crippen MR) is 132 cm³/mol. The van der Waals surface area contributed by atoms with Crippen molar-refractivity contribution >= 4 is 33.8 Å². The number of rotatable bonds is 7. The molecule has 1 fully saturated rings. The van der Waals surface area contributed by atoms with Gasteiger partial charge in [0.2, 0.25) is 11.5 Å². The van der Waals surface area contributed by atoms with Crippen molar-refractivity contribution in [1.29, 1.82) is 0 Å². The minimum atomic E-state index is -1.72. The Morgan fingerprint density at radius 3 is 2.81 bits per heavy atom. The van der Waals surface area contributed by atoms with Gasteiger partial charge < -0.3 is 30.3 Å². The Balaban J connectivity index is 1.47. The zero-order chi connectivity index (χ0) is 25.4. The highest BCUT2D eigenvalue weighted by Gasteiger charge is 2.48. The van der Waals surface area contributed by atoms with Crippen molar-refractivity contribution in [2.24, 2.45) is 5.73 Å². The molecular formula is C24H22N6O5S. The molecule has 1 aliphatic heterocycles. The molecule has 0 radical (unpaired) electrons. The van der Waals surface area contributed by atoms with Crippen LogP contribution in [0.4, 0.5) is 10.7 Å². The second kappa shape index (κ2) is 9.06. The van der Waals surface area contributed by atoms with Crippen molar-refractivity contribution in [3.8, 4) is 27.7 Å². The van der Waals surface area contributed by atoms with Crippen LogP contribution in [-0.4, -0.2) is 57.6 Å². The standard InChI is InChI=1S/C24H22N6O5S/c1-30-10-8-24(33,23(30)32)17-12-16(29-35-17)13-5-3-6-14(11-13)21-28-18(19(25)31)22(36-21)27-15-7-4-9-26-20(15)34-2/h3-7,9,11-12,27,33H,8,10H2,1-2H3,(H2,25,31). The maximum absolute atomic E-state index is 12.4. The van der Waals surface area contributed by atoms with Crippen molar-refractivity contribution in [2.45, 2.75) is 12.0 Å². The van der Waals surface area contributed by atoms with Gasteiger partial charge in [0.05, 0.1) is 7.11 Å². The Kier molecular flexibility index (Phi) is 5.90. The van der Waals surface area contributed by atoms with E-state index in [1.54, 1.807) is 31.4 Å². The van der Waals surface area contributed by atoms with Crippen LogP contribution in [0.2, 0.25) is 0 Å². The lowest BCUT2D eigenvalue weighted by molar-refractivity contribution is -0.144. The van der Waals surface area contributed by atoms with Gasteiger partial charge in [-0.15, -0.1) is 0 Å². The summed E-state index contributed by atoms with van der Waals surface area (Å²) < 4.78 is 10.6. The quantitative estimate of drug-likeness (QED) is 0.343. The number of benzene rings is 1. The van der Waals surface area contributed by atoms with Crippen LogP contribution in [0.15, 0.2) is 53.2 Å². The summed E-state index contributed by atoms with van der Waals surface area (Å²) >= 11 is 1.24. The fourth-order valence-electron chi connectivity index (χ4n) is 3.97. The molecule has 5 rings (SSSR count). The zero-order valence-electron chi connectivity index (χ0n) is 19.4. The summed E-state index contributed by atoms with van der Waals surface area (Å²) in [6.45, 7) is 0.425. The number of nitrogens with two attached hydrogens (primary N) is 1. The fraction of sp³-hybridized carbons (Fsp3) is 0.208. The molecule has 11 nitrogen and oxygen atoms in total. The summed E-state index contributed by atoms with van der Waals surface area (Å²) in [5.41, 5.74) is 6.36. The molecule has 0 bridgehead atoms. The van der Waals surface area contributed by atoms with Gasteiger partial charge in [-0.25, -0.2) is 9.97 Å². The van der Waals surface area contributed by atoms with Crippen LogP contribution in [0.1, 0.15) is 22.7 Å². The van der Waals surface area contributed by atoms with Gasteiger partial charge in [-0.2, -0.15) is 0 Å². The second-order valence-electron chi connectivity index (χ2n) is 8.24. The van der Waals surface area contributed by atoms with Gasteiger partial charge in [0.1, 0.15) is 21.4 Å². The summed E-state index contributed by atoms with van der Waals surface area (Å²) in [5.74, 6) is -0.648. The first-order valence-electron chi connectivity index (χ1n) is 10.9. The number of thiazole rings is 1. The van der Waals surface area contributed by atoms with Crippen LogP contribution in [-0.2, 0) is 10.4 Å². The third-order valence-corrected chi connectivity index (χ3v) is 6.93. The number of carbonyl (C=O) groups is 2. The average Bonchev–Trinajstić information content (AvgIpc) is 3.61. The number of primary amides is 1. The van der Waals surface area contributed by atoms with Crippen molar-refractivity contribution in [1.82, 2.24) is 20.0 Å². The number of aromatic nitrogens is 3. The first kappa shape index (κ1) is 23.5. The molecule has 0 spiro atoms. The van der Waals surface area contributed by atoms with Crippen molar-refractivity contribution < 1.29 is 24.0 Å². The van der Waals surface area contributed by atoms with E-state index in [1.807, 2.05) is 24.3 Å².